The molecule has 0 aromatic heterocycles. The van der Waals surface area contributed by atoms with E-state index >= 15 is 0 Å². The second kappa shape index (κ2) is 10.8. The number of halogens is 3. The van der Waals surface area contributed by atoms with Crippen molar-refractivity contribution in [2.24, 2.45) is 4.99 Å². The van der Waals surface area contributed by atoms with Crippen molar-refractivity contribution in [2.45, 2.75) is 44.7 Å². The summed E-state index contributed by atoms with van der Waals surface area (Å²) in [5.41, 5.74) is -0.661. The normalized spacial score (nSPS) is 18.1. The summed E-state index contributed by atoms with van der Waals surface area (Å²) in [6, 6.07) is 0.163. The first kappa shape index (κ1) is 24.7. The minimum atomic E-state index is -3.30. The smallest absolute Gasteiger partial charge is 0.251 e. The molecule has 0 spiro atoms. The lowest BCUT2D eigenvalue weighted by atomic mass is 10.1. The number of sulfonamides is 1. The molecule has 0 saturated carbocycles. The van der Waals surface area contributed by atoms with Gasteiger partial charge in [0, 0.05) is 38.3 Å². The minimum Gasteiger partial charge on any atom is -0.355 e. The minimum absolute atomic E-state index is 0. The maximum Gasteiger partial charge on any atom is 0.251 e. The second-order valence-electron chi connectivity index (χ2n) is 6.79. The highest BCUT2D eigenvalue weighted by atomic mass is 127. The number of hydrogen-bond donors (Lipinski definition) is 3. The number of aliphatic imine (C=N–C) groups is 1. The van der Waals surface area contributed by atoms with Crippen molar-refractivity contribution < 1.29 is 17.2 Å². The molecular formula is C14H30F2IN5O2S. The number of likely N-dealkylation sites (tertiary alicyclic amines) is 1. The third-order valence-corrected chi connectivity index (χ3v) is 4.63. The van der Waals surface area contributed by atoms with E-state index < -0.39 is 22.0 Å². The first-order chi connectivity index (χ1) is 11.0. The molecule has 1 fully saturated rings. The van der Waals surface area contributed by atoms with Gasteiger partial charge in [0.1, 0.15) is 0 Å². The molecule has 11 heteroatoms. The molecule has 0 radical (unpaired) electrons. The second-order valence-corrected chi connectivity index (χ2v) is 8.54. The molecule has 0 bridgehead atoms. The number of guanidine groups is 1. The molecule has 25 heavy (non-hydrogen) atoms. The van der Waals surface area contributed by atoms with Crippen LogP contribution in [0.1, 0.15) is 26.7 Å². The van der Waals surface area contributed by atoms with Crippen LogP contribution in [0.4, 0.5) is 8.78 Å². The molecule has 1 rings (SSSR count). The predicted molar refractivity (Wildman–Crippen MR) is 107 cm³/mol. The van der Waals surface area contributed by atoms with Crippen LogP contribution in [0.15, 0.2) is 4.99 Å². The van der Waals surface area contributed by atoms with Crippen LogP contribution in [-0.2, 0) is 10.0 Å². The number of rotatable bonds is 7. The van der Waals surface area contributed by atoms with Crippen LogP contribution in [0.5, 0.6) is 0 Å². The predicted octanol–water partition coefficient (Wildman–Crippen LogP) is 0.827. The van der Waals surface area contributed by atoms with E-state index in [4.69, 9.17) is 0 Å². The van der Waals surface area contributed by atoms with Gasteiger partial charge in [0.15, 0.2) is 5.96 Å². The molecule has 0 aromatic carbocycles. The lowest BCUT2D eigenvalue weighted by Crippen LogP contribution is -2.55. The van der Waals surface area contributed by atoms with E-state index in [-0.39, 0.29) is 36.6 Å². The number of nitrogens with one attached hydrogen (secondary N) is 3. The molecule has 1 saturated heterocycles. The van der Waals surface area contributed by atoms with E-state index in [0.29, 0.717) is 25.6 Å². The van der Waals surface area contributed by atoms with Gasteiger partial charge in [-0.1, -0.05) is 0 Å². The van der Waals surface area contributed by atoms with Crippen LogP contribution in [-0.4, -0.2) is 76.8 Å². The molecule has 150 valence electrons. The fourth-order valence-electron chi connectivity index (χ4n) is 2.69. The van der Waals surface area contributed by atoms with Gasteiger partial charge < -0.3 is 10.6 Å². The molecule has 0 atom stereocenters. The summed E-state index contributed by atoms with van der Waals surface area (Å²) < 4.78 is 50.0. The maximum absolute atomic E-state index is 12.4. The fraction of sp³-hybridized carbons (Fsp3) is 0.929. The Morgan fingerprint density at radius 3 is 2.32 bits per heavy atom. The molecule has 1 aliphatic heterocycles. The van der Waals surface area contributed by atoms with Crippen molar-refractivity contribution in [2.75, 3.05) is 39.5 Å². The Morgan fingerprint density at radius 1 is 1.32 bits per heavy atom. The van der Waals surface area contributed by atoms with Crippen molar-refractivity contribution in [1.29, 1.82) is 0 Å². The van der Waals surface area contributed by atoms with Gasteiger partial charge in [-0.05, 0) is 26.7 Å². The third kappa shape index (κ3) is 11.1. The lowest BCUT2D eigenvalue weighted by Gasteiger charge is -2.33. The highest BCUT2D eigenvalue weighted by Gasteiger charge is 2.24. The van der Waals surface area contributed by atoms with Crippen molar-refractivity contribution in [3.05, 3.63) is 0 Å². The van der Waals surface area contributed by atoms with Crippen molar-refractivity contribution in [3.63, 3.8) is 0 Å². The molecule has 0 amide bonds. The highest BCUT2D eigenvalue weighted by Crippen LogP contribution is 2.12. The van der Waals surface area contributed by atoms with E-state index in [2.05, 4.69) is 20.3 Å². The summed E-state index contributed by atoms with van der Waals surface area (Å²) in [6.07, 6.45) is 0.347. The Labute approximate surface area is 166 Å². The van der Waals surface area contributed by atoms with Gasteiger partial charge in [0.25, 0.3) is 6.43 Å². The average molecular weight is 497 g/mol. The van der Waals surface area contributed by atoms with Crippen molar-refractivity contribution >= 4 is 40.0 Å². The van der Waals surface area contributed by atoms with Crippen LogP contribution < -0.4 is 15.4 Å². The number of alkyl halides is 2. The Kier molecular flexibility index (Phi) is 10.7. The van der Waals surface area contributed by atoms with Crippen LogP contribution in [0.2, 0.25) is 0 Å². The summed E-state index contributed by atoms with van der Waals surface area (Å²) >= 11 is 0. The van der Waals surface area contributed by atoms with Crippen LogP contribution in [0.3, 0.4) is 0 Å². The molecule has 0 unspecified atom stereocenters. The number of nitrogens with zero attached hydrogens (tertiary/aromatic N) is 2. The molecule has 1 heterocycles. The van der Waals surface area contributed by atoms with Crippen LogP contribution in [0, 0.1) is 0 Å². The Bertz CT molecular complexity index is 523. The topological polar surface area (TPSA) is 85.8 Å². The van der Waals surface area contributed by atoms with E-state index in [9.17, 15) is 17.2 Å². The summed E-state index contributed by atoms with van der Waals surface area (Å²) in [6.45, 7) is 4.99. The first-order valence-electron chi connectivity index (χ1n) is 7.97. The van der Waals surface area contributed by atoms with Gasteiger partial charge in [-0.2, -0.15) is 0 Å². The molecule has 3 N–H and O–H groups in total. The standard InChI is InChI=1S/C14H29F2N5O2S.HI/c1-14(2,20-24(4,22)23)10-18-13(17-3)19-11-5-7-21(8-6-11)9-12(15)16;/h11-12,20H,5-10H2,1-4H3,(H2,17,18,19);1H. The first-order valence-corrected chi connectivity index (χ1v) is 9.86. The zero-order chi connectivity index (χ0) is 18.4. The number of piperidine rings is 1. The van der Waals surface area contributed by atoms with Crippen LogP contribution in [0.25, 0.3) is 0 Å². The van der Waals surface area contributed by atoms with Crippen molar-refractivity contribution in [1.82, 2.24) is 20.3 Å². The van der Waals surface area contributed by atoms with Gasteiger partial charge in [-0.3, -0.25) is 9.89 Å². The van der Waals surface area contributed by atoms with Gasteiger partial charge in [-0.15, -0.1) is 24.0 Å². The van der Waals surface area contributed by atoms with E-state index in [1.807, 2.05) is 0 Å². The quantitative estimate of drug-likeness (QED) is 0.276. The Balaban J connectivity index is 0.00000576. The summed E-state index contributed by atoms with van der Waals surface area (Å²) in [4.78, 5) is 5.89. The lowest BCUT2D eigenvalue weighted by molar-refractivity contribution is 0.0744. The van der Waals surface area contributed by atoms with Gasteiger partial charge >= 0.3 is 0 Å². The molecule has 0 aromatic rings. The third-order valence-electron chi connectivity index (χ3n) is 3.71. The van der Waals surface area contributed by atoms with E-state index in [0.717, 1.165) is 19.1 Å². The zero-order valence-corrected chi connectivity index (χ0v) is 18.3. The Hall–Kier alpha value is -0.270. The highest BCUT2D eigenvalue weighted by molar-refractivity contribution is 14.0. The molecule has 1 aliphatic rings. The SMILES string of the molecule is CN=C(NCC(C)(C)NS(C)(=O)=O)NC1CCN(CC(F)F)CC1.I. The molecular weight excluding hydrogens is 467 g/mol. The molecule has 7 nitrogen and oxygen atoms in total. The van der Waals surface area contributed by atoms with Crippen LogP contribution >= 0.6 is 24.0 Å². The van der Waals surface area contributed by atoms with Gasteiger partial charge in [0.2, 0.25) is 10.0 Å². The number of hydrogen-bond acceptors (Lipinski definition) is 4. The van der Waals surface area contributed by atoms with Gasteiger partial charge in [0.05, 0.1) is 12.8 Å². The summed E-state index contributed by atoms with van der Waals surface area (Å²) in [7, 11) is -1.66. The Morgan fingerprint density at radius 2 is 1.88 bits per heavy atom. The largest absolute Gasteiger partial charge is 0.355 e. The van der Waals surface area contributed by atoms with E-state index in [1.54, 1.807) is 25.8 Å². The summed E-state index contributed by atoms with van der Waals surface area (Å²) in [5.74, 6) is 0.575. The molecule has 0 aliphatic carbocycles. The van der Waals surface area contributed by atoms with Crippen molar-refractivity contribution in [3.8, 4) is 0 Å². The summed E-state index contributed by atoms with van der Waals surface area (Å²) in [5, 5.41) is 6.36. The average Bonchev–Trinajstić information content (AvgIpc) is 2.42. The fourth-order valence-corrected chi connectivity index (χ4v) is 3.76. The zero-order valence-electron chi connectivity index (χ0n) is 15.2. The van der Waals surface area contributed by atoms with E-state index in [1.165, 1.54) is 0 Å². The van der Waals surface area contributed by atoms with Gasteiger partial charge in [-0.25, -0.2) is 21.9 Å². The maximum atomic E-state index is 12.4. The monoisotopic (exact) mass is 497 g/mol.